The van der Waals surface area contributed by atoms with Crippen LogP contribution in [-0.4, -0.2) is 52.3 Å². The number of ether oxygens (including phenoxy) is 2. The number of hydrogen-bond acceptors (Lipinski definition) is 10. The Morgan fingerprint density at radius 3 is 2.70 bits per heavy atom. The summed E-state index contributed by atoms with van der Waals surface area (Å²) >= 11 is 3.72. The fourth-order valence-corrected chi connectivity index (χ4v) is 5.81. The van der Waals surface area contributed by atoms with Gasteiger partial charge in [-0.25, -0.2) is 20.0 Å². The van der Waals surface area contributed by atoms with Gasteiger partial charge in [0.25, 0.3) is 0 Å². The van der Waals surface area contributed by atoms with Gasteiger partial charge in [-0.05, 0) is 91.0 Å². The third-order valence-corrected chi connectivity index (χ3v) is 8.59. The van der Waals surface area contributed by atoms with Crippen molar-refractivity contribution < 1.29 is 14.3 Å². The van der Waals surface area contributed by atoms with E-state index in [4.69, 9.17) is 14.5 Å². The Kier molecular flexibility index (Phi) is 12.9. The lowest BCUT2D eigenvalue weighted by atomic mass is 10.1. The van der Waals surface area contributed by atoms with Crippen LogP contribution in [0.1, 0.15) is 72.3 Å². The number of pyridine rings is 1. The number of hydrazone groups is 1. The number of fused-ring (bicyclic) bond motifs is 1. The summed E-state index contributed by atoms with van der Waals surface area (Å²) in [6.07, 6.45) is 14.5. The zero-order chi connectivity index (χ0) is 33.9. The Hall–Kier alpha value is -4.25. The van der Waals surface area contributed by atoms with Crippen LogP contribution in [0.5, 0.6) is 5.75 Å². The number of benzene rings is 1. The van der Waals surface area contributed by atoms with Crippen LogP contribution in [0.4, 0.5) is 17.3 Å². The molecule has 0 aliphatic carbocycles. The molecule has 2 aromatic heterocycles. The zero-order valence-electron chi connectivity index (χ0n) is 28.5. The lowest BCUT2D eigenvalue weighted by Crippen LogP contribution is -2.34. The van der Waals surface area contributed by atoms with Gasteiger partial charge in [0.05, 0.1) is 28.7 Å². The Bertz CT molecular complexity index is 1680. The van der Waals surface area contributed by atoms with Gasteiger partial charge in [0.1, 0.15) is 29.2 Å². The second-order valence-corrected chi connectivity index (χ2v) is 12.5. The molecule has 0 amide bonds. The van der Waals surface area contributed by atoms with Crippen molar-refractivity contribution in [1.82, 2.24) is 20.0 Å². The van der Waals surface area contributed by atoms with E-state index in [0.717, 1.165) is 77.4 Å². The molecule has 1 N–H and O–H groups in total. The van der Waals surface area contributed by atoms with E-state index >= 15 is 0 Å². The molecule has 0 fully saturated rings. The molecule has 0 saturated heterocycles. The molecule has 250 valence electrons. The van der Waals surface area contributed by atoms with Crippen molar-refractivity contribution in [1.29, 1.82) is 0 Å². The van der Waals surface area contributed by atoms with Crippen LogP contribution in [0.15, 0.2) is 75.5 Å². The first kappa shape index (κ1) is 35.6. The first-order chi connectivity index (χ1) is 22.7. The quantitative estimate of drug-likeness (QED) is 0.0944. The normalized spacial score (nSPS) is 14.7. The van der Waals surface area contributed by atoms with E-state index in [1.807, 2.05) is 68.4 Å². The van der Waals surface area contributed by atoms with Gasteiger partial charge in [-0.15, -0.1) is 0 Å². The molecule has 1 aliphatic rings. The van der Waals surface area contributed by atoms with E-state index in [1.54, 1.807) is 6.21 Å². The molecule has 10 nitrogen and oxygen atoms in total. The monoisotopic (exact) mass is 703 g/mol. The molecule has 0 radical (unpaired) electrons. The third-order valence-electron chi connectivity index (χ3n) is 8.00. The fourth-order valence-electron chi connectivity index (χ4n) is 5.25. The minimum Gasteiger partial charge on any atom is -0.469 e. The summed E-state index contributed by atoms with van der Waals surface area (Å²) in [5.41, 5.74) is 5.36. The topological polar surface area (TPSA) is 105 Å². The fraction of sp³-hybridized carbons (Fsp3) is 0.417. The molecule has 0 spiro atoms. The lowest BCUT2D eigenvalue weighted by Gasteiger charge is -2.27. The molecule has 1 unspecified atom stereocenters. The van der Waals surface area contributed by atoms with E-state index < -0.39 is 0 Å². The van der Waals surface area contributed by atoms with E-state index in [2.05, 4.69) is 62.0 Å². The summed E-state index contributed by atoms with van der Waals surface area (Å²) < 4.78 is 12.2. The summed E-state index contributed by atoms with van der Waals surface area (Å²) in [5, 5.41) is 9.75. The summed E-state index contributed by atoms with van der Waals surface area (Å²) in [6, 6.07) is 7.89. The molecule has 11 heteroatoms. The maximum absolute atomic E-state index is 12.3. The van der Waals surface area contributed by atoms with Crippen molar-refractivity contribution in [2.75, 3.05) is 30.4 Å². The first-order valence-corrected chi connectivity index (χ1v) is 17.0. The largest absolute Gasteiger partial charge is 0.469 e. The van der Waals surface area contributed by atoms with Gasteiger partial charge in [0.15, 0.2) is 5.82 Å². The van der Waals surface area contributed by atoms with Crippen molar-refractivity contribution >= 4 is 56.5 Å². The van der Waals surface area contributed by atoms with E-state index in [9.17, 15) is 4.79 Å². The molecule has 0 bridgehead atoms. The SMILES string of the molecule is C/C=N\N1C=CC(Oc2ccc(Nc3ncnc4cc(Br)c(N(CCCCCC)CC(C)C(=O)OC)nc34)cc2C)=CC1=C(C)CC. The average molecular weight is 705 g/mol. The predicted octanol–water partition coefficient (Wildman–Crippen LogP) is 8.82. The van der Waals surface area contributed by atoms with E-state index in [-0.39, 0.29) is 11.9 Å². The molecular weight excluding hydrogens is 658 g/mol. The smallest absolute Gasteiger partial charge is 0.310 e. The number of rotatable bonds is 15. The third kappa shape index (κ3) is 9.18. The molecule has 4 rings (SSSR count). The number of methoxy groups -OCH3 is 1. The van der Waals surface area contributed by atoms with Crippen LogP contribution in [0, 0.1) is 12.8 Å². The van der Waals surface area contributed by atoms with Gasteiger partial charge in [0.2, 0.25) is 0 Å². The minimum atomic E-state index is -0.314. The summed E-state index contributed by atoms with van der Waals surface area (Å²) in [5.74, 6) is 2.26. The maximum atomic E-state index is 12.3. The summed E-state index contributed by atoms with van der Waals surface area (Å²) in [4.78, 5) is 28.6. The number of halogens is 1. The molecule has 3 heterocycles. The highest BCUT2D eigenvalue weighted by Crippen LogP contribution is 2.33. The molecule has 47 heavy (non-hydrogen) atoms. The first-order valence-electron chi connectivity index (χ1n) is 16.3. The second-order valence-electron chi connectivity index (χ2n) is 11.6. The van der Waals surface area contributed by atoms with Crippen molar-refractivity contribution in [2.45, 2.75) is 73.6 Å². The zero-order valence-corrected chi connectivity index (χ0v) is 30.1. The number of allylic oxidation sites excluding steroid dienone is 3. The Labute approximate surface area is 286 Å². The lowest BCUT2D eigenvalue weighted by molar-refractivity contribution is -0.144. The number of nitrogens with one attached hydrogen (secondary N) is 1. The maximum Gasteiger partial charge on any atom is 0.310 e. The van der Waals surface area contributed by atoms with Gasteiger partial charge in [-0.3, -0.25) is 4.79 Å². The van der Waals surface area contributed by atoms with Crippen LogP contribution in [0.3, 0.4) is 0 Å². The van der Waals surface area contributed by atoms with Crippen LogP contribution in [0.25, 0.3) is 11.0 Å². The number of aryl methyl sites for hydroxylation is 1. The van der Waals surface area contributed by atoms with Crippen molar-refractivity contribution in [3.8, 4) is 5.75 Å². The highest BCUT2D eigenvalue weighted by atomic mass is 79.9. The van der Waals surface area contributed by atoms with Crippen LogP contribution < -0.4 is 15.0 Å². The van der Waals surface area contributed by atoms with Gasteiger partial charge < -0.3 is 19.7 Å². The molecule has 1 atom stereocenters. The molecule has 0 saturated carbocycles. The molecule has 1 aromatic carbocycles. The van der Waals surface area contributed by atoms with Gasteiger partial charge in [0, 0.05) is 37.3 Å². The molecular formula is C36H46BrN7O3. The number of carbonyl (C=O) groups is 1. The summed E-state index contributed by atoms with van der Waals surface area (Å²) in [7, 11) is 1.42. The van der Waals surface area contributed by atoms with Crippen molar-refractivity contribution in [2.24, 2.45) is 11.0 Å². The number of carbonyl (C=O) groups excluding carboxylic acids is 1. The Morgan fingerprint density at radius 1 is 1.19 bits per heavy atom. The van der Waals surface area contributed by atoms with Crippen LogP contribution in [-0.2, 0) is 9.53 Å². The highest BCUT2D eigenvalue weighted by molar-refractivity contribution is 9.10. The van der Waals surface area contributed by atoms with Gasteiger partial charge in [-0.2, -0.15) is 5.10 Å². The molecule has 3 aromatic rings. The van der Waals surface area contributed by atoms with E-state index in [0.29, 0.717) is 23.4 Å². The average Bonchev–Trinajstić information content (AvgIpc) is 3.07. The highest BCUT2D eigenvalue weighted by Gasteiger charge is 2.22. The number of unbranched alkanes of at least 4 members (excludes halogenated alkanes) is 3. The number of esters is 1. The summed E-state index contributed by atoms with van der Waals surface area (Å²) in [6.45, 7) is 13.5. The number of anilines is 3. The number of hydrogen-bond donors (Lipinski definition) is 1. The Morgan fingerprint density at radius 2 is 2.00 bits per heavy atom. The minimum absolute atomic E-state index is 0.245. The standard InChI is InChI=1S/C36H46BrN7O3/c1-8-11-12-13-17-43(22-26(6)36(45)46-7)35-29(37)21-30-33(42-35)34(39-23-38-30)41-27-14-15-32(25(5)19-27)47-28-16-18-44(40-10-3)31(20-28)24(4)9-2/h10,14-16,18-21,23,26H,8-9,11-13,17,22H2,1-7H3,(H,38,39,41)/b31-24?,40-10-. The second kappa shape index (κ2) is 17.1. The molecule has 1 aliphatic heterocycles. The Balaban J connectivity index is 1.60. The van der Waals surface area contributed by atoms with Crippen LogP contribution in [0.2, 0.25) is 0 Å². The van der Waals surface area contributed by atoms with Crippen molar-refractivity contribution in [3.63, 3.8) is 0 Å². The van der Waals surface area contributed by atoms with Gasteiger partial charge in [-0.1, -0.05) is 40.0 Å². The van der Waals surface area contributed by atoms with E-state index in [1.165, 1.54) is 19.0 Å². The van der Waals surface area contributed by atoms with Gasteiger partial charge >= 0.3 is 5.97 Å². The number of nitrogens with zero attached hydrogens (tertiary/aromatic N) is 6. The van der Waals surface area contributed by atoms with Crippen molar-refractivity contribution in [3.05, 3.63) is 76.0 Å². The van der Waals surface area contributed by atoms with Crippen LogP contribution >= 0.6 is 15.9 Å². The number of aromatic nitrogens is 3. The predicted molar refractivity (Wildman–Crippen MR) is 194 cm³/mol.